The van der Waals surface area contributed by atoms with Gasteiger partial charge in [0.25, 0.3) is 0 Å². The fourth-order valence-corrected chi connectivity index (χ4v) is 1.76. The van der Waals surface area contributed by atoms with Gasteiger partial charge in [-0.15, -0.1) is 0 Å². The van der Waals surface area contributed by atoms with Crippen LogP contribution in [0.4, 0.5) is 0 Å². The number of rotatable bonds is 5. The zero-order chi connectivity index (χ0) is 11.8. The second-order valence-electron chi connectivity index (χ2n) is 4.07. The number of carbonyl (C=O) groups is 2. The molecule has 0 saturated carbocycles. The van der Waals surface area contributed by atoms with Crippen molar-refractivity contribution in [2.45, 2.75) is 25.7 Å². The van der Waals surface area contributed by atoms with Crippen LogP contribution in [-0.2, 0) is 9.59 Å². The fraction of sp³-hybridized carbons (Fsp3) is 0.818. The highest BCUT2D eigenvalue weighted by atomic mass is 16.2. The lowest BCUT2D eigenvalue weighted by Crippen LogP contribution is -2.42. The summed E-state index contributed by atoms with van der Waals surface area (Å²) in [6.07, 6.45) is 3.79. The van der Waals surface area contributed by atoms with Crippen molar-refractivity contribution >= 4 is 11.8 Å². The molecule has 16 heavy (non-hydrogen) atoms. The number of piperidine rings is 1. The van der Waals surface area contributed by atoms with E-state index < -0.39 is 0 Å². The predicted molar refractivity (Wildman–Crippen MR) is 62.0 cm³/mol. The molecule has 0 bridgehead atoms. The third-order valence-electron chi connectivity index (χ3n) is 2.75. The first-order valence-electron chi connectivity index (χ1n) is 5.93. The number of nitrogens with zero attached hydrogens (tertiary/aromatic N) is 1. The summed E-state index contributed by atoms with van der Waals surface area (Å²) in [5.74, 6) is -0.0304. The first kappa shape index (κ1) is 13.0. The predicted octanol–water partition coefficient (Wildman–Crippen LogP) is -0.275. The zero-order valence-electron chi connectivity index (χ0n) is 9.92. The summed E-state index contributed by atoms with van der Waals surface area (Å²) in [7, 11) is 1.80. The molecule has 0 atom stereocenters. The number of nitrogens with one attached hydrogen (secondary N) is 2. The number of hydrogen-bond donors (Lipinski definition) is 2. The molecule has 0 spiro atoms. The Kier molecular flexibility index (Phi) is 5.85. The maximum absolute atomic E-state index is 11.7. The van der Waals surface area contributed by atoms with Crippen LogP contribution in [0.25, 0.3) is 0 Å². The van der Waals surface area contributed by atoms with Crippen molar-refractivity contribution in [1.82, 2.24) is 15.5 Å². The molecule has 1 aliphatic heterocycles. The van der Waals surface area contributed by atoms with Gasteiger partial charge in [-0.3, -0.25) is 9.59 Å². The van der Waals surface area contributed by atoms with Gasteiger partial charge in [0.1, 0.15) is 0 Å². The first-order valence-corrected chi connectivity index (χ1v) is 5.93. The third kappa shape index (κ3) is 4.61. The second-order valence-corrected chi connectivity index (χ2v) is 4.07. The normalized spacial score (nSPS) is 15.9. The average Bonchev–Trinajstić information content (AvgIpc) is 2.34. The van der Waals surface area contributed by atoms with E-state index in [1.165, 1.54) is 6.42 Å². The molecule has 1 aliphatic rings. The van der Waals surface area contributed by atoms with Crippen molar-refractivity contribution < 1.29 is 9.59 Å². The highest BCUT2D eigenvalue weighted by Crippen LogP contribution is 2.08. The lowest BCUT2D eigenvalue weighted by atomic mass is 10.1. The molecular weight excluding hydrogens is 206 g/mol. The van der Waals surface area contributed by atoms with Gasteiger partial charge < -0.3 is 15.5 Å². The minimum absolute atomic E-state index is 0.0394. The van der Waals surface area contributed by atoms with Crippen LogP contribution in [0.5, 0.6) is 0 Å². The summed E-state index contributed by atoms with van der Waals surface area (Å²) in [5, 5.41) is 5.54. The first-order chi connectivity index (χ1) is 7.74. The van der Waals surface area contributed by atoms with Gasteiger partial charge in [0.05, 0.1) is 6.54 Å². The Balaban J connectivity index is 2.15. The van der Waals surface area contributed by atoms with Crippen LogP contribution < -0.4 is 10.6 Å². The Labute approximate surface area is 96.6 Å². The van der Waals surface area contributed by atoms with E-state index in [2.05, 4.69) is 10.6 Å². The molecule has 1 heterocycles. The van der Waals surface area contributed by atoms with E-state index in [-0.39, 0.29) is 18.4 Å². The van der Waals surface area contributed by atoms with Gasteiger partial charge >= 0.3 is 0 Å². The standard InChI is InChI=1S/C11H21N3O2/c1-12-6-5-10(15)13-9-11(16)14-7-3-2-4-8-14/h12H,2-9H2,1H3,(H,13,15). The van der Waals surface area contributed by atoms with Gasteiger partial charge in [0.15, 0.2) is 0 Å². The molecule has 0 aliphatic carbocycles. The summed E-state index contributed by atoms with van der Waals surface area (Å²) in [6.45, 7) is 2.46. The molecule has 2 N–H and O–H groups in total. The van der Waals surface area contributed by atoms with Crippen LogP contribution in [0.15, 0.2) is 0 Å². The van der Waals surface area contributed by atoms with E-state index >= 15 is 0 Å². The third-order valence-corrected chi connectivity index (χ3v) is 2.75. The van der Waals surface area contributed by atoms with Crippen molar-refractivity contribution in [2.24, 2.45) is 0 Å². The van der Waals surface area contributed by atoms with Crippen molar-refractivity contribution in [1.29, 1.82) is 0 Å². The van der Waals surface area contributed by atoms with E-state index in [0.29, 0.717) is 13.0 Å². The number of likely N-dealkylation sites (tertiary alicyclic amines) is 1. The van der Waals surface area contributed by atoms with Gasteiger partial charge in [-0.1, -0.05) is 0 Å². The molecule has 5 heteroatoms. The van der Waals surface area contributed by atoms with Crippen LogP contribution in [-0.4, -0.2) is 49.9 Å². The van der Waals surface area contributed by atoms with Gasteiger partial charge in [-0.2, -0.15) is 0 Å². The van der Waals surface area contributed by atoms with Crippen LogP contribution in [0.1, 0.15) is 25.7 Å². The number of hydrogen-bond acceptors (Lipinski definition) is 3. The van der Waals surface area contributed by atoms with E-state index in [1.807, 2.05) is 4.90 Å². The monoisotopic (exact) mass is 227 g/mol. The van der Waals surface area contributed by atoms with E-state index in [0.717, 1.165) is 25.9 Å². The second kappa shape index (κ2) is 7.22. The van der Waals surface area contributed by atoms with Crippen LogP contribution in [0, 0.1) is 0 Å². The molecule has 92 valence electrons. The molecule has 5 nitrogen and oxygen atoms in total. The minimum atomic E-state index is -0.0697. The summed E-state index contributed by atoms with van der Waals surface area (Å²) < 4.78 is 0. The summed E-state index contributed by atoms with van der Waals surface area (Å²) in [5.41, 5.74) is 0. The van der Waals surface area contributed by atoms with Gasteiger partial charge in [0, 0.05) is 26.1 Å². The average molecular weight is 227 g/mol. The van der Waals surface area contributed by atoms with Gasteiger partial charge in [0.2, 0.25) is 11.8 Å². The molecule has 0 aromatic carbocycles. The molecule has 1 fully saturated rings. The molecule has 0 radical (unpaired) electrons. The maximum atomic E-state index is 11.7. The molecule has 1 saturated heterocycles. The minimum Gasteiger partial charge on any atom is -0.347 e. The lowest BCUT2D eigenvalue weighted by molar-refractivity contribution is -0.133. The fourth-order valence-electron chi connectivity index (χ4n) is 1.76. The molecule has 2 amide bonds. The summed E-state index contributed by atoms with van der Waals surface area (Å²) in [6, 6.07) is 0. The Morgan fingerprint density at radius 2 is 1.88 bits per heavy atom. The lowest BCUT2D eigenvalue weighted by Gasteiger charge is -2.26. The number of amides is 2. The Morgan fingerprint density at radius 3 is 2.50 bits per heavy atom. The summed E-state index contributed by atoms with van der Waals surface area (Å²) >= 11 is 0. The Hall–Kier alpha value is -1.10. The quantitative estimate of drug-likeness (QED) is 0.679. The van der Waals surface area contributed by atoms with Crippen molar-refractivity contribution in [2.75, 3.05) is 33.2 Å². The molecule has 0 unspecified atom stereocenters. The van der Waals surface area contributed by atoms with Crippen molar-refractivity contribution in [3.8, 4) is 0 Å². The Bertz CT molecular complexity index is 237. The molecule has 0 aromatic heterocycles. The van der Waals surface area contributed by atoms with E-state index in [4.69, 9.17) is 0 Å². The largest absolute Gasteiger partial charge is 0.347 e. The topological polar surface area (TPSA) is 61.4 Å². The van der Waals surface area contributed by atoms with Crippen LogP contribution in [0.2, 0.25) is 0 Å². The van der Waals surface area contributed by atoms with Crippen molar-refractivity contribution in [3.63, 3.8) is 0 Å². The van der Waals surface area contributed by atoms with Crippen LogP contribution >= 0.6 is 0 Å². The maximum Gasteiger partial charge on any atom is 0.241 e. The van der Waals surface area contributed by atoms with Crippen molar-refractivity contribution in [3.05, 3.63) is 0 Å². The van der Waals surface area contributed by atoms with Gasteiger partial charge in [-0.25, -0.2) is 0 Å². The molecular formula is C11H21N3O2. The highest BCUT2D eigenvalue weighted by Gasteiger charge is 2.16. The zero-order valence-corrected chi connectivity index (χ0v) is 9.92. The van der Waals surface area contributed by atoms with E-state index in [9.17, 15) is 9.59 Å². The Morgan fingerprint density at radius 1 is 1.19 bits per heavy atom. The molecule has 0 aromatic rings. The molecule has 1 rings (SSSR count). The number of carbonyl (C=O) groups excluding carboxylic acids is 2. The van der Waals surface area contributed by atoms with Gasteiger partial charge in [-0.05, 0) is 26.3 Å². The van der Waals surface area contributed by atoms with E-state index in [1.54, 1.807) is 7.05 Å². The smallest absolute Gasteiger partial charge is 0.241 e. The van der Waals surface area contributed by atoms with Crippen LogP contribution in [0.3, 0.4) is 0 Å². The summed E-state index contributed by atoms with van der Waals surface area (Å²) in [4.78, 5) is 24.8. The highest BCUT2D eigenvalue weighted by molar-refractivity contribution is 5.84. The SMILES string of the molecule is CNCCC(=O)NCC(=O)N1CCCCC1.